The number of aromatic nitrogens is 1. The first-order valence-corrected chi connectivity index (χ1v) is 9.96. The molecule has 2 heterocycles. The Balaban J connectivity index is 1.77. The van der Waals surface area contributed by atoms with Gasteiger partial charge in [-0.1, -0.05) is 18.2 Å². The van der Waals surface area contributed by atoms with Gasteiger partial charge in [0.1, 0.15) is 11.8 Å². The molecule has 1 atom stereocenters. The Morgan fingerprint density at radius 3 is 2.45 bits per heavy atom. The van der Waals surface area contributed by atoms with Crippen LogP contribution in [0.4, 0.5) is 5.69 Å². The third-order valence-electron chi connectivity index (χ3n) is 5.41. The Labute approximate surface area is 188 Å². The number of rotatable bonds is 6. The average Bonchev–Trinajstić information content (AvgIpc) is 3.36. The number of carbonyl (C=O) groups excluding carboxylic acids is 3. The third kappa shape index (κ3) is 3.80. The van der Waals surface area contributed by atoms with Crippen molar-refractivity contribution in [3.8, 4) is 0 Å². The summed E-state index contributed by atoms with van der Waals surface area (Å²) in [5.74, 6) is -2.04. The molecule has 9 heteroatoms. The number of para-hydroxylation sites is 1. The molecule has 1 aromatic heterocycles. The van der Waals surface area contributed by atoms with Gasteiger partial charge in [-0.25, -0.2) is 9.59 Å². The first-order chi connectivity index (χ1) is 15.8. The lowest BCUT2D eigenvalue weighted by atomic mass is 10.1. The van der Waals surface area contributed by atoms with E-state index in [2.05, 4.69) is 5.10 Å². The molecule has 0 saturated heterocycles. The molecule has 33 heavy (non-hydrogen) atoms. The summed E-state index contributed by atoms with van der Waals surface area (Å²) < 4.78 is 6.60. The molecule has 1 N–H and O–H groups in total. The van der Waals surface area contributed by atoms with Crippen molar-refractivity contribution in [2.75, 3.05) is 12.1 Å². The van der Waals surface area contributed by atoms with E-state index in [4.69, 9.17) is 9.84 Å². The minimum absolute atomic E-state index is 0.0554. The normalized spacial score (nSPS) is 15.6. The van der Waals surface area contributed by atoms with Crippen molar-refractivity contribution in [3.63, 3.8) is 0 Å². The largest absolute Gasteiger partial charge is 0.478 e. The summed E-state index contributed by atoms with van der Waals surface area (Å²) in [6.07, 6.45) is 3.77. The van der Waals surface area contributed by atoms with Crippen LogP contribution in [0.5, 0.6) is 0 Å². The SMILES string of the molecule is COC(=O)C(C)n1cc(C=C2C(=O)N(c3ccc(C(=O)O)cc3)N=C2C=O)c2ccccc21. The highest BCUT2D eigenvalue weighted by Crippen LogP contribution is 2.30. The molecular weight excluding hydrogens is 426 g/mol. The Morgan fingerprint density at radius 1 is 1.12 bits per heavy atom. The highest BCUT2D eigenvalue weighted by Gasteiger charge is 2.31. The Morgan fingerprint density at radius 2 is 1.82 bits per heavy atom. The molecule has 0 saturated carbocycles. The van der Waals surface area contributed by atoms with Gasteiger partial charge in [-0.2, -0.15) is 10.1 Å². The summed E-state index contributed by atoms with van der Waals surface area (Å²) >= 11 is 0. The molecule has 0 aliphatic carbocycles. The van der Waals surface area contributed by atoms with Crippen molar-refractivity contribution >= 4 is 52.5 Å². The van der Waals surface area contributed by atoms with E-state index in [0.717, 1.165) is 15.9 Å². The van der Waals surface area contributed by atoms with Gasteiger partial charge in [0.2, 0.25) is 0 Å². The summed E-state index contributed by atoms with van der Waals surface area (Å²) in [5, 5.41) is 15.0. The van der Waals surface area contributed by atoms with Crippen molar-refractivity contribution in [3.05, 3.63) is 71.4 Å². The van der Waals surface area contributed by atoms with E-state index >= 15 is 0 Å². The van der Waals surface area contributed by atoms with E-state index < -0.39 is 23.9 Å². The molecule has 0 spiro atoms. The topological polar surface area (TPSA) is 118 Å². The lowest BCUT2D eigenvalue weighted by Crippen LogP contribution is -2.21. The van der Waals surface area contributed by atoms with Crippen LogP contribution in [0.25, 0.3) is 17.0 Å². The second kappa shape index (κ2) is 8.54. The molecule has 1 unspecified atom stereocenters. The van der Waals surface area contributed by atoms with E-state index in [-0.39, 0.29) is 16.8 Å². The highest BCUT2D eigenvalue weighted by atomic mass is 16.5. The number of carboxylic acids is 1. The van der Waals surface area contributed by atoms with Crippen molar-refractivity contribution in [1.82, 2.24) is 4.57 Å². The molecule has 1 aliphatic rings. The zero-order valence-corrected chi connectivity index (χ0v) is 17.8. The second-order valence-electron chi connectivity index (χ2n) is 7.34. The van der Waals surface area contributed by atoms with E-state index in [1.54, 1.807) is 23.8 Å². The van der Waals surface area contributed by atoms with Gasteiger partial charge >= 0.3 is 11.9 Å². The van der Waals surface area contributed by atoms with Gasteiger partial charge in [-0.05, 0) is 43.3 Å². The fraction of sp³-hybridized carbons (Fsp3) is 0.125. The van der Waals surface area contributed by atoms with Crippen LogP contribution in [0, 0.1) is 0 Å². The molecule has 3 aromatic rings. The van der Waals surface area contributed by atoms with Crippen LogP contribution in [0.3, 0.4) is 0 Å². The van der Waals surface area contributed by atoms with Crippen LogP contribution in [0.15, 0.2) is 65.4 Å². The number of amides is 1. The lowest BCUT2D eigenvalue weighted by Gasteiger charge is -2.12. The van der Waals surface area contributed by atoms with Crippen LogP contribution in [0.2, 0.25) is 0 Å². The Hall–Kier alpha value is -4.53. The minimum atomic E-state index is -1.09. The van der Waals surface area contributed by atoms with Crippen LogP contribution in [-0.2, 0) is 19.1 Å². The smallest absolute Gasteiger partial charge is 0.335 e. The molecule has 1 aliphatic heterocycles. The zero-order valence-electron chi connectivity index (χ0n) is 17.8. The van der Waals surface area contributed by atoms with Crippen molar-refractivity contribution in [2.45, 2.75) is 13.0 Å². The second-order valence-corrected chi connectivity index (χ2v) is 7.34. The number of nitrogens with zero attached hydrogens (tertiary/aromatic N) is 3. The van der Waals surface area contributed by atoms with Crippen molar-refractivity contribution < 1.29 is 29.0 Å². The van der Waals surface area contributed by atoms with Crippen molar-refractivity contribution in [2.24, 2.45) is 5.10 Å². The monoisotopic (exact) mass is 445 g/mol. The summed E-state index contributed by atoms with van der Waals surface area (Å²) in [7, 11) is 1.31. The number of carbonyl (C=O) groups is 4. The predicted octanol–water partition coefficient (Wildman–Crippen LogP) is 3.06. The maximum absolute atomic E-state index is 13.1. The van der Waals surface area contributed by atoms with Crippen LogP contribution >= 0.6 is 0 Å². The molecular formula is C24H19N3O6. The predicted molar refractivity (Wildman–Crippen MR) is 121 cm³/mol. The number of anilines is 1. The quantitative estimate of drug-likeness (QED) is 0.354. The number of aldehydes is 1. The summed E-state index contributed by atoms with van der Waals surface area (Å²) in [6.45, 7) is 1.71. The number of hydrogen-bond acceptors (Lipinski definition) is 6. The molecule has 0 radical (unpaired) electrons. The molecule has 1 amide bonds. The number of carboxylic acid groups (broad SMARTS) is 1. The highest BCUT2D eigenvalue weighted by molar-refractivity contribution is 6.50. The number of methoxy groups -OCH3 is 1. The van der Waals surface area contributed by atoms with Gasteiger partial charge in [-0.15, -0.1) is 0 Å². The van der Waals surface area contributed by atoms with E-state index in [1.165, 1.54) is 31.4 Å². The number of fused-ring (bicyclic) bond motifs is 1. The number of hydrazone groups is 1. The molecule has 2 aromatic carbocycles. The first-order valence-electron chi connectivity index (χ1n) is 9.96. The van der Waals surface area contributed by atoms with E-state index in [1.807, 2.05) is 24.3 Å². The van der Waals surface area contributed by atoms with Crippen LogP contribution < -0.4 is 5.01 Å². The fourth-order valence-electron chi connectivity index (χ4n) is 3.68. The average molecular weight is 445 g/mol. The number of benzene rings is 2. The standard InChI is InChI=1S/C24H19N3O6/c1-14(24(32)33-2)26-12-16(18-5-3-4-6-21(18)26)11-19-20(13-28)25-27(22(19)29)17-9-7-15(8-10-17)23(30)31/h3-14H,1-2H3,(H,30,31). The van der Waals surface area contributed by atoms with Gasteiger partial charge in [0.25, 0.3) is 5.91 Å². The van der Waals surface area contributed by atoms with E-state index in [0.29, 0.717) is 17.5 Å². The maximum atomic E-state index is 13.1. The molecule has 0 bridgehead atoms. The minimum Gasteiger partial charge on any atom is -0.478 e. The number of esters is 1. The lowest BCUT2D eigenvalue weighted by molar-refractivity contribution is -0.143. The molecule has 166 valence electrons. The molecule has 4 rings (SSSR count). The van der Waals surface area contributed by atoms with E-state index in [9.17, 15) is 19.2 Å². The summed E-state index contributed by atoms with van der Waals surface area (Å²) in [4.78, 5) is 48.0. The van der Waals surface area contributed by atoms with Crippen molar-refractivity contribution in [1.29, 1.82) is 0 Å². The maximum Gasteiger partial charge on any atom is 0.335 e. The fourth-order valence-corrected chi connectivity index (χ4v) is 3.68. The molecule has 0 fully saturated rings. The van der Waals surface area contributed by atoms with Gasteiger partial charge in [0.15, 0.2) is 6.29 Å². The summed E-state index contributed by atoms with van der Waals surface area (Å²) in [5.41, 5.74) is 1.81. The van der Waals surface area contributed by atoms with Gasteiger partial charge < -0.3 is 14.4 Å². The number of hydrogen-bond donors (Lipinski definition) is 1. The van der Waals surface area contributed by atoms with Gasteiger partial charge in [0.05, 0.1) is 23.9 Å². The number of aromatic carboxylic acids is 1. The van der Waals surface area contributed by atoms with Gasteiger partial charge in [-0.3, -0.25) is 9.59 Å². The first kappa shape index (κ1) is 21.7. The summed E-state index contributed by atoms with van der Waals surface area (Å²) in [6, 6.07) is 12.4. The number of ether oxygens (including phenoxy) is 1. The van der Waals surface area contributed by atoms with Crippen LogP contribution in [-0.4, -0.2) is 46.6 Å². The zero-order chi connectivity index (χ0) is 23.7. The molecule has 9 nitrogen and oxygen atoms in total. The van der Waals surface area contributed by atoms with Crippen LogP contribution in [0.1, 0.15) is 28.9 Å². The Bertz CT molecular complexity index is 1350. The Kier molecular flexibility index (Phi) is 5.61. The van der Waals surface area contributed by atoms with Gasteiger partial charge in [0, 0.05) is 22.7 Å². The third-order valence-corrected chi connectivity index (χ3v) is 5.41.